The number of hydrogen-bond donors (Lipinski definition) is 1. The monoisotopic (exact) mass is 440 g/mol. The molecule has 1 aliphatic carbocycles. The molecule has 0 radical (unpaired) electrons. The first-order valence-corrected chi connectivity index (χ1v) is 11.9. The van der Waals surface area contributed by atoms with Crippen LogP contribution in [0.5, 0.6) is 0 Å². The third-order valence-corrected chi connectivity index (χ3v) is 7.76. The van der Waals surface area contributed by atoms with E-state index in [4.69, 9.17) is 9.72 Å². The number of nitrogens with one attached hydrogen (secondary N) is 1. The molecule has 1 saturated carbocycles. The van der Waals surface area contributed by atoms with Gasteiger partial charge < -0.3 is 15.0 Å². The van der Waals surface area contributed by atoms with Crippen LogP contribution in [-0.4, -0.2) is 45.9 Å². The fourth-order valence-corrected chi connectivity index (χ4v) is 5.75. The maximum Gasteiger partial charge on any atom is 0.256 e. The van der Waals surface area contributed by atoms with Gasteiger partial charge in [-0.1, -0.05) is 11.3 Å². The van der Waals surface area contributed by atoms with E-state index >= 15 is 0 Å². The van der Waals surface area contributed by atoms with Crippen LogP contribution >= 0.6 is 11.3 Å². The van der Waals surface area contributed by atoms with E-state index in [1.807, 2.05) is 11.8 Å². The van der Waals surface area contributed by atoms with Gasteiger partial charge in [0.1, 0.15) is 0 Å². The number of rotatable bonds is 5. The predicted octanol–water partition coefficient (Wildman–Crippen LogP) is 4.12. The van der Waals surface area contributed by atoms with Gasteiger partial charge in [-0.2, -0.15) is 0 Å². The fourth-order valence-electron chi connectivity index (χ4n) is 4.77. The zero-order valence-electron chi connectivity index (χ0n) is 18.2. The number of nitrogens with zero attached hydrogens (tertiary/aromatic N) is 3. The van der Waals surface area contributed by atoms with E-state index in [0.29, 0.717) is 30.8 Å². The molecule has 1 N–H and O–H groups in total. The zero-order valence-corrected chi connectivity index (χ0v) is 19.1. The minimum Gasteiger partial charge on any atom is -0.381 e. The average molecular weight is 441 g/mol. The van der Waals surface area contributed by atoms with E-state index < -0.39 is 0 Å². The van der Waals surface area contributed by atoms with Crippen LogP contribution in [0.2, 0.25) is 0 Å². The summed E-state index contributed by atoms with van der Waals surface area (Å²) in [7, 11) is 0. The largest absolute Gasteiger partial charge is 0.381 e. The Morgan fingerprint density at radius 1 is 1.26 bits per heavy atom. The van der Waals surface area contributed by atoms with Crippen molar-refractivity contribution in [2.24, 2.45) is 5.92 Å². The van der Waals surface area contributed by atoms with Crippen LogP contribution in [0.3, 0.4) is 0 Å². The van der Waals surface area contributed by atoms with Crippen molar-refractivity contribution in [2.45, 2.75) is 65.0 Å². The van der Waals surface area contributed by atoms with Gasteiger partial charge >= 0.3 is 0 Å². The molecular formula is C23H28N4O3S. The Morgan fingerprint density at radius 3 is 2.68 bits per heavy atom. The van der Waals surface area contributed by atoms with Gasteiger partial charge in [0.2, 0.25) is 5.91 Å². The minimum atomic E-state index is -0.139. The molecule has 164 valence electrons. The highest BCUT2D eigenvalue weighted by atomic mass is 32.1. The molecule has 31 heavy (non-hydrogen) atoms. The van der Waals surface area contributed by atoms with Gasteiger partial charge in [0.15, 0.2) is 5.13 Å². The van der Waals surface area contributed by atoms with Gasteiger partial charge in [0, 0.05) is 38.6 Å². The number of aryl methyl sites for hydroxylation is 1. The summed E-state index contributed by atoms with van der Waals surface area (Å²) >= 11 is 1.44. The number of ether oxygens (including phenoxy) is 1. The van der Waals surface area contributed by atoms with Gasteiger partial charge in [-0.3, -0.25) is 14.6 Å². The molecule has 3 aliphatic rings. The molecule has 2 fully saturated rings. The van der Waals surface area contributed by atoms with Crippen molar-refractivity contribution in [1.29, 1.82) is 0 Å². The van der Waals surface area contributed by atoms with Crippen molar-refractivity contribution in [3.8, 4) is 10.6 Å². The molecule has 2 aromatic rings. The topological polar surface area (TPSA) is 84.4 Å². The Bertz CT molecular complexity index is 1040. The van der Waals surface area contributed by atoms with Gasteiger partial charge in [0.05, 0.1) is 27.5 Å². The van der Waals surface area contributed by atoms with Crippen LogP contribution < -0.4 is 5.32 Å². The highest BCUT2D eigenvalue weighted by Crippen LogP contribution is 2.42. The lowest BCUT2D eigenvalue weighted by molar-refractivity contribution is -0.114. The van der Waals surface area contributed by atoms with Crippen LogP contribution in [0.15, 0.2) is 6.07 Å². The second kappa shape index (κ2) is 7.98. The number of thiazole rings is 1. The Hall–Kier alpha value is -2.32. The Kier molecular flexibility index (Phi) is 5.30. The van der Waals surface area contributed by atoms with Crippen molar-refractivity contribution >= 4 is 28.3 Å². The summed E-state index contributed by atoms with van der Waals surface area (Å²) in [4.78, 5) is 37.5. The van der Waals surface area contributed by atoms with Crippen molar-refractivity contribution in [1.82, 2.24) is 14.9 Å². The average Bonchev–Trinajstić information content (AvgIpc) is 3.46. The lowest BCUT2D eigenvalue weighted by Gasteiger charge is -2.25. The molecule has 5 rings (SSSR count). The third-order valence-electron chi connectivity index (χ3n) is 6.66. The van der Waals surface area contributed by atoms with Crippen LogP contribution in [0.1, 0.15) is 72.8 Å². The van der Waals surface area contributed by atoms with E-state index in [1.165, 1.54) is 31.1 Å². The molecule has 0 unspecified atom stereocenters. The van der Waals surface area contributed by atoms with Crippen LogP contribution in [0.25, 0.3) is 10.6 Å². The summed E-state index contributed by atoms with van der Waals surface area (Å²) in [5, 5.41) is 3.36. The Balaban J connectivity index is 1.57. The molecule has 0 bridgehead atoms. The van der Waals surface area contributed by atoms with E-state index in [0.717, 1.165) is 45.9 Å². The lowest BCUT2D eigenvalue weighted by Crippen LogP contribution is -2.35. The van der Waals surface area contributed by atoms with Crippen molar-refractivity contribution in [3.05, 3.63) is 28.6 Å². The summed E-state index contributed by atoms with van der Waals surface area (Å²) in [5.74, 6) is 0.849. The predicted molar refractivity (Wildman–Crippen MR) is 119 cm³/mol. The second-order valence-corrected chi connectivity index (χ2v) is 9.94. The van der Waals surface area contributed by atoms with E-state index in [9.17, 15) is 9.59 Å². The van der Waals surface area contributed by atoms with Crippen molar-refractivity contribution in [3.63, 3.8) is 0 Å². The lowest BCUT2D eigenvalue weighted by atomic mass is 9.91. The molecule has 0 spiro atoms. The normalized spacial score (nSPS) is 20.1. The minimum absolute atomic E-state index is 0.134. The zero-order chi connectivity index (χ0) is 21.7. The molecule has 1 saturated heterocycles. The number of pyridine rings is 1. The molecule has 2 aromatic heterocycles. The number of carbonyl (C=O) groups is 2. The summed E-state index contributed by atoms with van der Waals surface area (Å²) in [5.41, 5.74) is 4.48. The maximum absolute atomic E-state index is 13.5. The molecule has 0 aromatic carbocycles. The molecule has 2 amide bonds. The van der Waals surface area contributed by atoms with E-state index in [2.05, 4.69) is 23.3 Å². The maximum atomic E-state index is 13.5. The van der Waals surface area contributed by atoms with E-state index in [1.54, 1.807) is 0 Å². The third kappa shape index (κ3) is 3.87. The van der Waals surface area contributed by atoms with Crippen molar-refractivity contribution in [2.75, 3.05) is 18.5 Å². The fraction of sp³-hybridized carbons (Fsp3) is 0.565. The molecule has 4 heterocycles. The highest BCUT2D eigenvalue weighted by molar-refractivity contribution is 7.19. The Morgan fingerprint density at radius 2 is 2.00 bits per heavy atom. The SMILES string of the molecule is CC(=O)Nc1nc(C)c(-c2cc3c(c(C4CCOCC4)n2)C(=O)N([C@@H](C)C2CC2)C3)s1. The number of hydrogen-bond acceptors (Lipinski definition) is 6. The standard InChI is InChI=1S/C23H28N4O3S/c1-12-21(31-23(24-12)25-14(3)28)18-10-17-11-27(13(2)15-4-5-15)22(29)19(17)20(26-18)16-6-8-30-9-7-16/h10,13,15-16H,4-9,11H2,1-3H3,(H,24,25,28)/t13-/m0/s1. The van der Waals surface area contributed by atoms with Crippen LogP contribution in [-0.2, 0) is 16.1 Å². The first-order valence-electron chi connectivity index (χ1n) is 11.1. The highest BCUT2D eigenvalue weighted by Gasteiger charge is 2.41. The van der Waals surface area contributed by atoms with Gasteiger partial charge in [-0.15, -0.1) is 0 Å². The molecule has 1 atom stereocenters. The molecule has 2 aliphatic heterocycles. The van der Waals surface area contributed by atoms with Crippen LogP contribution in [0, 0.1) is 12.8 Å². The quantitative estimate of drug-likeness (QED) is 0.756. The smallest absolute Gasteiger partial charge is 0.256 e. The van der Waals surface area contributed by atoms with E-state index in [-0.39, 0.29) is 23.8 Å². The number of carbonyl (C=O) groups excluding carboxylic acids is 2. The summed E-state index contributed by atoms with van der Waals surface area (Å²) in [6.07, 6.45) is 4.19. The Labute approximate surface area is 186 Å². The number of anilines is 1. The second-order valence-electron chi connectivity index (χ2n) is 8.94. The van der Waals surface area contributed by atoms with Gasteiger partial charge in [-0.05, 0) is 57.1 Å². The number of fused-ring (bicyclic) bond motifs is 1. The molecular weight excluding hydrogens is 412 g/mol. The summed E-state index contributed by atoms with van der Waals surface area (Å²) in [6, 6.07) is 2.33. The number of aromatic nitrogens is 2. The van der Waals surface area contributed by atoms with Crippen LogP contribution in [0.4, 0.5) is 5.13 Å². The number of amides is 2. The summed E-state index contributed by atoms with van der Waals surface area (Å²) < 4.78 is 5.57. The van der Waals surface area contributed by atoms with Gasteiger partial charge in [-0.25, -0.2) is 4.98 Å². The summed E-state index contributed by atoms with van der Waals surface area (Å²) in [6.45, 7) is 7.65. The first-order chi connectivity index (χ1) is 14.9. The van der Waals surface area contributed by atoms with Gasteiger partial charge in [0.25, 0.3) is 5.91 Å². The molecule has 7 nitrogen and oxygen atoms in total. The molecule has 8 heteroatoms. The van der Waals surface area contributed by atoms with Crippen molar-refractivity contribution < 1.29 is 14.3 Å². The first kappa shape index (κ1) is 20.6.